The number of carbonyl (C=O) groups excluding carboxylic acids is 2. The van der Waals surface area contributed by atoms with Crippen LogP contribution >= 0.6 is 0 Å². The Bertz CT molecular complexity index is 854. The third-order valence-corrected chi connectivity index (χ3v) is 8.32. The Morgan fingerprint density at radius 2 is 1.89 bits per heavy atom. The molecule has 0 aromatic heterocycles. The molecular weight excluding hydrogens is 372 g/mol. The molecule has 3 heterocycles. The molecule has 3 fully saturated rings. The van der Waals surface area contributed by atoms with Crippen molar-refractivity contribution >= 4 is 21.7 Å². The number of hydrogen-bond donors (Lipinski definition) is 1. The lowest BCUT2D eigenvalue weighted by Crippen LogP contribution is -2.69. The molecule has 8 nitrogen and oxygen atoms in total. The minimum atomic E-state index is -3.44. The van der Waals surface area contributed by atoms with Crippen molar-refractivity contribution in [2.75, 3.05) is 32.1 Å². The summed E-state index contributed by atoms with van der Waals surface area (Å²) in [6.45, 7) is 1.28. The number of carbonyl (C=O) groups is 2. The van der Waals surface area contributed by atoms with Crippen molar-refractivity contribution in [2.45, 2.75) is 23.7 Å². The van der Waals surface area contributed by atoms with Gasteiger partial charge in [-0.15, -0.1) is 0 Å². The monoisotopic (exact) mass is 394 g/mol. The standard InChI is InChI=1S/C18H22N2O6S/c19-16(21)15-6-8-27(23,24)18(15)10-20(11-18)17(22)12-1-3-13(4-2-12)26-14-5-7-25-9-14/h1-4,14-15H,5-11H2,(H2,19,21). The summed E-state index contributed by atoms with van der Waals surface area (Å²) in [5.74, 6) is -0.993. The summed E-state index contributed by atoms with van der Waals surface area (Å²) in [6.07, 6.45) is 1.10. The van der Waals surface area contributed by atoms with Crippen LogP contribution in [0.5, 0.6) is 5.75 Å². The van der Waals surface area contributed by atoms with E-state index in [0.29, 0.717) is 24.5 Å². The van der Waals surface area contributed by atoms with Gasteiger partial charge < -0.3 is 20.1 Å². The van der Waals surface area contributed by atoms with E-state index in [1.54, 1.807) is 24.3 Å². The maximum Gasteiger partial charge on any atom is 0.253 e. The second-order valence-corrected chi connectivity index (χ2v) is 9.87. The number of rotatable bonds is 4. The van der Waals surface area contributed by atoms with Gasteiger partial charge in [-0.2, -0.15) is 0 Å². The summed E-state index contributed by atoms with van der Waals surface area (Å²) in [5.41, 5.74) is 5.84. The summed E-state index contributed by atoms with van der Waals surface area (Å²) in [7, 11) is -3.44. The Balaban J connectivity index is 1.43. The van der Waals surface area contributed by atoms with Crippen molar-refractivity contribution in [3.8, 4) is 5.75 Å². The summed E-state index contributed by atoms with van der Waals surface area (Å²) < 4.78 is 34.7. The summed E-state index contributed by atoms with van der Waals surface area (Å²) in [5, 5.41) is 0. The van der Waals surface area contributed by atoms with E-state index in [9.17, 15) is 18.0 Å². The number of benzene rings is 1. The molecule has 9 heteroatoms. The Kier molecular flexibility index (Phi) is 4.38. The van der Waals surface area contributed by atoms with Gasteiger partial charge in [-0.3, -0.25) is 9.59 Å². The molecule has 2 atom stereocenters. The highest BCUT2D eigenvalue weighted by Gasteiger charge is 2.64. The van der Waals surface area contributed by atoms with Crippen molar-refractivity contribution in [1.29, 1.82) is 0 Å². The first kappa shape index (κ1) is 18.2. The maximum absolute atomic E-state index is 12.7. The van der Waals surface area contributed by atoms with Crippen LogP contribution in [-0.4, -0.2) is 68.0 Å². The van der Waals surface area contributed by atoms with Crippen molar-refractivity contribution < 1.29 is 27.5 Å². The van der Waals surface area contributed by atoms with Gasteiger partial charge in [0, 0.05) is 25.1 Å². The van der Waals surface area contributed by atoms with Crippen LogP contribution in [0.15, 0.2) is 24.3 Å². The first-order chi connectivity index (χ1) is 12.8. The number of nitrogens with two attached hydrogens (primary N) is 1. The highest BCUT2D eigenvalue weighted by atomic mass is 32.2. The Morgan fingerprint density at radius 3 is 2.48 bits per heavy atom. The fourth-order valence-electron chi connectivity index (χ4n) is 4.18. The molecular formula is C18H22N2O6S. The topological polar surface area (TPSA) is 116 Å². The lowest BCUT2D eigenvalue weighted by Gasteiger charge is -2.49. The van der Waals surface area contributed by atoms with E-state index in [2.05, 4.69) is 0 Å². The predicted molar refractivity (Wildman–Crippen MR) is 96.0 cm³/mol. The van der Waals surface area contributed by atoms with Gasteiger partial charge in [0.2, 0.25) is 5.91 Å². The molecule has 27 heavy (non-hydrogen) atoms. The van der Waals surface area contributed by atoms with Crippen LogP contribution in [0.4, 0.5) is 0 Å². The number of hydrogen-bond acceptors (Lipinski definition) is 6. The lowest BCUT2D eigenvalue weighted by molar-refractivity contribution is -0.124. The SMILES string of the molecule is NC(=O)C1CCS(=O)(=O)C12CN(C(=O)c1ccc(OC3CCOC3)cc1)C2. The van der Waals surface area contributed by atoms with E-state index in [1.807, 2.05) is 0 Å². The van der Waals surface area contributed by atoms with Gasteiger partial charge in [-0.1, -0.05) is 0 Å². The van der Waals surface area contributed by atoms with E-state index in [4.69, 9.17) is 15.2 Å². The second-order valence-electron chi connectivity index (χ2n) is 7.42. The fraction of sp³-hybridized carbons (Fsp3) is 0.556. The highest BCUT2D eigenvalue weighted by Crippen LogP contribution is 2.45. The molecule has 3 aliphatic rings. The van der Waals surface area contributed by atoms with Gasteiger partial charge in [0.25, 0.3) is 5.91 Å². The van der Waals surface area contributed by atoms with Gasteiger partial charge >= 0.3 is 0 Å². The van der Waals surface area contributed by atoms with E-state index in [-0.39, 0.29) is 37.3 Å². The molecule has 2 N–H and O–H groups in total. The van der Waals surface area contributed by atoms with Crippen molar-refractivity contribution in [3.63, 3.8) is 0 Å². The Labute approximate surface area is 157 Å². The average molecular weight is 394 g/mol. The summed E-state index contributed by atoms with van der Waals surface area (Å²) >= 11 is 0. The zero-order chi connectivity index (χ0) is 19.2. The van der Waals surface area contributed by atoms with Gasteiger partial charge in [0.05, 0.1) is 24.9 Å². The summed E-state index contributed by atoms with van der Waals surface area (Å²) in [6, 6.07) is 6.76. The molecule has 0 saturated carbocycles. The van der Waals surface area contributed by atoms with Crippen molar-refractivity contribution in [2.24, 2.45) is 11.7 Å². The summed E-state index contributed by atoms with van der Waals surface area (Å²) in [4.78, 5) is 25.8. The van der Waals surface area contributed by atoms with E-state index in [1.165, 1.54) is 4.90 Å². The number of nitrogens with zero attached hydrogens (tertiary/aromatic N) is 1. The van der Waals surface area contributed by atoms with Crippen LogP contribution in [0.2, 0.25) is 0 Å². The molecule has 3 saturated heterocycles. The fourth-order valence-corrected chi connectivity index (χ4v) is 6.50. The Morgan fingerprint density at radius 1 is 1.19 bits per heavy atom. The zero-order valence-electron chi connectivity index (χ0n) is 14.8. The van der Waals surface area contributed by atoms with Crippen LogP contribution in [0.25, 0.3) is 0 Å². The van der Waals surface area contributed by atoms with E-state index < -0.39 is 26.4 Å². The maximum atomic E-state index is 12.7. The van der Waals surface area contributed by atoms with Crippen LogP contribution in [0.1, 0.15) is 23.2 Å². The highest BCUT2D eigenvalue weighted by molar-refractivity contribution is 7.93. The quantitative estimate of drug-likeness (QED) is 0.767. The third kappa shape index (κ3) is 2.98. The molecule has 2 amide bonds. The second kappa shape index (κ2) is 6.49. The molecule has 0 radical (unpaired) electrons. The van der Waals surface area contributed by atoms with Crippen molar-refractivity contribution in [1.82, 2.24) is 4.90 Å². The predicted octanol–water partition coefficient (Wildman–Crippen LogP) is -0.0311. The molecule has 1 aromatic carbocycles. The Hall–Kier alpha value is -2.13. The van der Waals surface area contributed by atoms with Crippen LogP contribution in [0.3, 0.4) is 0 Å². The van der Waals surface area contributed by atoms with Crippen LogP contribution in [0, 0.1) is 5.92 Å². The third-order valence-electron chi connectivity index (χ3n) is 5.77. The number of likely N-dealkylation sites (tertiary alicyclic amines) is 1. The van der Waals surface area contributed by atoms with Crippen LogP contribution < -0.4 is 10.5 Å². The molecule has 3 aliphatic heterocycles. The lowest BCUT2D eigenvalue weighted by atomic mass is 9.82. The van der Waals surface area contributed by atoms with Crippen molar-refractivity contribution in [3.05, 3.63) is 29.8 Å². The minimum Gasteiger partial charge on any atom is -0.488 e. The molecule has 2 unspecified atom stereocenters. The van der Waals surface area contributed by atoms with E-state index >= 15 is 0 Å². The average Bonchev–Trinajstić information content (AvgIpc) is 3.18. The molecule has 1 aromatic rings. The van der Waals surface area contributed by atoms with E-state index in [0.717, 1.165) is 6.42 Å². The number of primary amides is 1. The number of ether oxygens (including phenoxy) is 2. The van der Waals surface area contributed by atoms with Crippen LogP contribution in [-0.2, 0) is 19.4 Å². The zero-order valence-corrected chi connectivity index (χ0v) is 15.6. The smallest absolute Gasteiger partial charge is 0.253 e. The molecule has 4 rings (SSSR count). The first-order valence-corrected chi connectivity index (χ1v) is 10.6. The molecule has 0 bridgehead atoms. The molecule has 1 spiro atoms. The van der Waals surface area contributed by atoms with Gasteiger partial charge in [-0.05, 0) is 30.7 Å². The molecule has 0 aliphatic carbocycles. The number of amides is 2. The normalized spacial score (nSPS) is 28.1. The molecule has 146 valence electrons. The van der Waals surface area contributed by atoms with Gasteiger partial charge in [-0.25, -0.2) is 8.42 Å². The number of sulfone groups is 1. The van der Waals surface area contributed by atoms with Gasteiger partial charge in [0.1, 0.15) is 16.6 Å². The first-order valence-electron chi connectivity index (χ1n) is 8.98. The minimum absolute atomic E-state index is 0.0133. The largest absolute Gasteiger partial charge is 0.488 e. The van der Waals surface area contributed by atoms with Gasteiger partial charge in [0.15, 0.2) is 9.84 Å².